The molecule has 0 atom stereocenters. The third kappa shape index (κ3) is 3.22. The second-order valence-corrected chi connectivity index (χ2v) is 4.12. The molecule has 0 aromatic heterocycles. The van der Waals surface area contributed by atoms with E-state index in [-0.39, 0.29) is 5.57 Å². The van der Waals surface area contributed by atoms with Crippen molar-refractivity contribution in [1.82, 2.24) is 0 Å². The van der Waals surface area contributed by atoms with Gasteiger partial charge in [-0.05, 0) is 11.1 Å². The maximum atomic E-state index is 9.09. The number of rotatable bonds is 3. The van der Waals surface area contributed by atoms with Crippen molar-refractivity contribution in [3.8, 4) is 12.1 Å². The molecule has 0 heterocycles. The average Bonchev–Trinajstić information content (AvgIpc) is 2.53. The van der Waals surface area contributed by atoms with Gasteiger partial charge in [-0.15, -0.1) is 0 Å². The predicted molar refractivity (Wildman–Crippen MR) is 80.1 cm³/mol. The molecular weight excluding hydrogens is 244 g/mol. The van der Waals surface area contributed by atoms with E-state index in [2.05, 4.69) is 0 Å². The van der Waals surface area contributed by atoms with Crippen LogP contribution in [-0.4, -0.2) is 0 Å². The summed E-state index contributed by atoms with van der Waals surface area (Å²) in [5, 5.41) is 18.2. The Bertz CT molecular complexity index is 696. The van der Waals surface area contributed by atoms with E-state index in [0.717, 1.165) is 11.1 Å². The van der Waals surface area contributed by atoms with Crippen LogP contribution in [-0.2, 0) is 0 Å². The monoisotopic (exact) mass is 256 g/mol. The van der Waals surface area contributed by atoms with Crippen LogP contribution in [0.1, 0.15) is 11.1 Å². The maximum Gasteiger partial charge on any atom is 0.137 e. The molecular formula is C18H12N2. The molecule has 20 heavy (non-hydrogen) atoms. The van der Waals surface area contributed by atoms with Gasteiger partial charge in [0.2, 0.25) is 0 Å². The van der Waals surface area contributed by atoms with Crippen LogP contribution in [0.5, 0.6) is 0 Å². The standard InChI is InChI=1S/C18H12N2/c19-13-17(14-20)18(16-9-5-2-6-10-16)12-11-15-7-3-1-4-8-15/h1-12H. The van der Waals surface area contributed by atoms with E-state index in [1.54, 1.807) is 0 Å². The number of hydrogen-bond donors (Lipinski definition) is 0. The van der Waals surface area contributed by atoms with Crippen molar-refractivity contribution in [2.75, 3.05) is 0 Å². The SMILES string of the molecule is N#CC(C#N)=C(C=Cc1ccccc1)c1ccccc1. The minimum atomic E-state index is 0.114. The summed E-state index contributed by atoms with van der Waals surface area (Å²) in [6.07, 6.45) is 3.71. The lowest BCUT2D eigenvalue weighted by atomic mass is 10.00. The summed E-state index contributed by atoms with van der Waals surface area (Å²) in [6, 6.07) is 23.1. The Kier molecular flexibility index (Phi) is 4.49. The number of nitrogens with zero attached hydrogens (tertiary/aromatic N) is 2. The van der Waals surface area contributed by atoms with E-state index in [1.165, 1.54) is 0 Å². The van der Waals surface area contributed by atoms with Gasteiger partial charge in [-0.1, -0.05) is 72.8 Å². The molecule has 0 aliphatic rings. The highest BCUT2D eigenvalue weighted by Gasteiger charge is 2.05. The van der Waals surface area contributed by atoms with Gasteiger partial charge >= 0.3 is 0 Å². The zero-order valence-electron chi connectivity index (χ0n) is 10.8. The molecule has 94 valence electrons. The molecule has 2 aromatic carbocycles. The third-order valence-electron chi connectivity index (χ3n) is 2.82. The topological polar surface area (TPSA) is 47.6 Å². The second-order valence-electron chi connectivity index (χ2n) is 4.12. The quantitative estimate of drug-likeness (QED) is 0.610. The molecule has 0 unspecified atom stereocenters. The van der Waals surface area contributed by atoms with Crippen LogP contribution < -0.4 is 0 Å². The molecule has 0 radical (unpaired) electrons. The molecule has 0 fully saturated rings. The molecule has 0 saturated carbocycles. The number of hydrogen-bond acceptors (Lipinski definition) is 2. The van der Waals surface area contributed by atoms with E-state index >= 15 is 0 Å². The largest absolute Gasteiger partial charge is 0.192 e. The Hall–Kier alpha value is -3.10. The van der Waals surface area contributed by atoms with Gasteiger partial charge in [0.05, 0.1) is 0 Å². The fourth-order valence-corrected chi connectivity index (χ4v) is 1.83. The van der Waals surface area contributed by atoms with Crippen LogP contribution >= 0.6 is 0 Å². The zero-order valence-corrected chi connectivity index (χ0v) is 10.8. The fraction of sp³-hybridized carbons (Fsp3) is 0. The van der Waals surface area contributed by atoms with Crippen LogP contribution in [0.2, 0.25) is 0 Å². The van der Waals surface area contributed by atoms with E-state index in [0.29, 0.717) is 5.57 Å². The van der Waals surface area contributed by atoms with Gasteiger partial charge < -0.3 is 0 Å². The summed E-state index contributed by atoms with van der Waals surface area (Å²) in [7, 11) is 0. The highest BCUT2D eigenvalue weighted by atomic mass is 14.3. The molecule has 0 spiro atoms. The first kappa shape index (κ1) is 13.3. The van der Waals surface area contributed by atoms with Crippen molar-refractivity contribution in [3.63, 3.8) is 0 Å². The number of allylic oxidation sites excluding steroid dienone is 3. The van der Waals surface area contributed by atoms with Crippen LogP contribution in [0.3, 0.4) is 0 Å². The molecule has 0 aliphatic heterocycles. The van der Waals surface area contributed by atoms with Crippen molar-refractivity contribution in [2.24, 2.45) is 0 Å². The van der Waals surface area contributed by atoms with E-state index in [1.807, 2.05) is 85.0 Å². The Morgan fingerprint density at radius 3 is 1.90 bits per heavy atom. The smallest absolute Gasteiger partial charge is 0.137 e. The molecule has 0 bridgehead atoms. The molecule has 0 saturated heterocycles. The first-order valence-corrected chi connectivity index (χ1v) is 6.18. The molecule has 0 amide bonds. The average molecular weight is 256 g/mol. The molecule has 0 N–H and O–H groups in total. The Morgan fingerprint density at radius 2 is 1.35 bits per heavy atom. The van der Waals surface area contributed by atoms with Gasteiger partial charge in [0, 0.05) is 5.57 Å². The second kappa shape index (κ2) is 6.73. The third-order valence-corrected chi connectivity index (χ3v) is 2.82. The summed E-state index contributed by atoms with van der Waals surface area (Å²) in [5.41, 5.74) is 2.64. The highest BCUT2D eigenvalue weighted by molar-refractivity contribution is 5.85. The van der Waals surface area contributed by atoms with Crippen molar-refractivity contribution >= 4 is 11.6 Å². The summed E-state index contributed by atoms with van der Waals surface area (Å²) < 4.78 is 0. The Labute approximate surface area is 118 Å². The van der Waals surface area contributed by atoms with Gasteiger partial charge in [0.25, 0.3) is 0 Å². The predicted octanol–water partition coefficient (Wildman–Crippen LogP) is 4.20. The first-order chi connectivity index (χ1) is 9.85. The van der Waals surface area contributed by atoms with E-state index in [4.69, 9.17) is 10.5 Å². The minimum absolute atomic E-state index is 0.114. The normalized spacial score (nSPS) is 9.70. The number of nitriles is 2. The summed E-state index contributed by atoms with van der Waals surface area (Å²) in [4.78, 5) is 0. The van der Waals surface area contributed by atoms with Crippen LogP contribution in [0.25, 0.3) is 11.6 Å². The van der Waals surface area contributed by atoms with Gasteiger partial charge in [-0.3, -0.25) is 0 Å². The number of benzene rings is 2. The van der Waals surface area contributed by atoms with Crippen molar-refractivity contribution < 1.29 is 0 Å². The summed E-state index contributed by atoms with van der Waals surface area (Å²) in [6.45, 7) is 0. The molecule has 2 heteroatoms. The summed E-state index contributed by atoms with van der Waals surface area (Å²) >= 11 is 0. The molecule has 2 rings (SSSR count). The van der Waals surface area contributed by atoms with Gasteiger partial charge in [-0.25, -0.2) is 0 Å². The molecule has 2 aromatic rings. The molecule has 2 nitrogen and oxygen atoms in total. The first-order valence-electron chi connectivity index (χ1n) is 6.18. The van der Waals surface area contributed by atoms with Crippen molar-refractivity contribution in [1.29, 1.82) is 10.5 Å². The lowest BCUT2D eigenvalue weighted by Crippen LogP contribution is -1.86. The van der Waals surface area contributed by atoms with E-state index in [9.17, 15) is 0 Å². The van der Waals surface area contributed by atoms with Crippen molar-refractivity contribution in [2.45, 2.75) is 0 Å². The Morgan fingerprint density at radius 1 is 0.800 bits per heavy atom. The van der Waals surface area contributed by atoms with Crippen molar-refractivity contribution in [3.05, 3.63) is 83.4 Å². The van der Waals surface area contributed by atoms with Gasteiger partial charge in [0.15, 0.2) is 0 Å². The van der Waals surface area contributed by atoms with E-state index < -0.39 is 0 Å². The van der Waals surface area contributed by atoms with Gasteiger partial charge in [0.1, 0.15) is 17.7 Å². The Balaban J connectivity index is 2.46. The zero-order chi connectivity index (χ0) is 14.2. The lowest BCUT2D eigenvalue weighted by Gasteiger charge is -2.02. The maximum absolute atomic E-state index is 9.09. The lowest BCUT2D eigenvalue weighted by molar-refractivity contribution is 1.46. The minimum Gasteiger partial charge on any atom is -0.192 e. The summed E-state index contributed by atoms with van der Waals surface area (Å²) in [5.74, 6) is 0. The molecule has 0 aliphatic carbocycles. The fourth-order valence-electron chi connectivity index (χ4n) is 1.83. The van der Waals surface area contributed by atoms with Gasteiger partial charge in [-0.2, -0.15) is 10.5 Å². The van der Waals surface area contributed by atoms with Crippen LogP contribution in [0, 0.1) is 22.7 Å². The van der Waals surface area contributed by atoms with Crippen LogP contribution in [0.15, 0.2) is 72.3 Å². The highest BCUT2D eigenvalue weighted by Crippen LogP contribution is 2.21. The van der Waals surface area contributed by atoms with Crippen LogP contribution in [0.4, 0.5) is 0 Å².